The Morgan fingerprint density at radius 2 is 2.00 bits per heavy atom. The van der Waals surface area contributed by atoms with Gasteiger partial charge in [0, 0.05) is 6.04 Å². The molecule has 1 amide bonds. The molecule has 1 unspecified atom stereocenters. The van der Waals surface area contributed by atoms with Crippen LogP contribution in [0.5, 0.6) is 0 Å². The van der Waals surface area contributed by atoms with Crippen LogP contribution in [0.25, 0.3) is 0 Å². The maximum atomic E-state index is 13.6. The predicted octanol–water partition coefficient (Wildman–Crippen LogP) is 2.36. The van der Waals surface area contributed by atoms with Gasteiger partial charge in [-0.1, -0.05) is 25.5 Å². The summed E-state index contributed by atoms with van der Waals surface area (Å²) in [7, 11) is 0. The maximum Gasteiger partial charge on any atom is 0.305 e. The van der Waals surface area contributed by atoms with E-state index < -0.39 is 23.7 Å². The van der Waals surface area contributed by atoms with E-state index in [-0.39, 0.29) is 17.9 Å². The number of hydrogen-bond donors (Lipinski definition) is 2. The van der Waals surface area contributed by atoms with Crippen LogP contribution in [0, 0.1) is 18.7 Å². The van der Waals surface area contributed by atoms with Crippen molar-refractivity contribution in [2.75, 3.05) is 0 Å². The molecule has 0 spiro atoms. The average molecular weight is 267 g/mol. The van der Waals surface area contributed by atoms with Crippen molar-refractivity contribution in [1.29, 1.82) is 0 Å². The fourth-order valence-corrected chi connectivity index (χ4v) is 1.70. The zero-order valence-corrected chi connectivity index (χ0v) is 11.2. The number of carbonyl (C=O) groups excluding carboxylic acids is 1. The second kappa shape index (κ2) is 6.31. The fraction of sp³-hybridized carbons (Fsp3) is 0.429. The Morgan fingerprint density at radius 1 is 1.37 bits per heavy atom. The predicted molar refractivity (Wildman–Crippen MR) is 69.5 cm³/mol. The fourth-order valence-electron chi connectivity index (χ4n) is 1.70. The molecule has 0 aliphatic carbocycles. The standard InChI is InChI=1S/C14H18FNO3/c1-8(2)12(7-13(17)18)16-14(19)10-6-9(3)4-5-11(10)15/h4-6,8,12H,7H2,1-3H3,(H,16,19)(H,17,18). The third-order valence-corrected chi connectivity index (χ3v) is 2.88. The van der Waals surface area contributed by atoms with E-state index in [0.717, 1.165) is 5.56 Å². The lowest BCUT2D eigenvalue weighted by Gasteiger charge is -2.20. The lowest BCUT2D eigenvalue weighted by atomic mass is 10.00. The molecule has 0 fully saturated rings. The minimum Gasteiger partial charge on any atom is -0.481 e. The summed E-state index contributed by atoms with van der Waals surface area (Å²) in [5.41, 5.74) is 0.710. The molecule has 0 aromatic heterocycles. The van der Waals surface area contributed by atoms with Gasteiger partial charge in [-0.15, -0.1) is 0 Å². The molecule has 0 aliphatic heterocycles. The van der Waals surface area contributed by atoms with Gasteiger partial charge in [-0.05, 0) is 25.0 Å². The zero-order valence-electron chi connectivity index (χ0n) is 11.2. The first-order valence-corrected chi connectivity index (χ1v) is 6.10. The summed E-state index contributed by atoms with van der Waals surface area (Å²) in [5, 5.41) is 11.4. The number of hydrogen-bond acceptors (Lipinski definition) is 2. The summed E-state index contributed by atoms with van der Waals surface area (Å²) in [5.74, 6) is -2.24. The summed E-state index contributed by atoms with van der Waals surface area (Å²) in [6.45, 7) is 5.37. The van der Waals surface area contributed by atoms with E-state index in [1.807, 2.05) is 0 Å². The highest BCUT2D eigenvalue weighted by molar-refractivity contribution is 5.95. The first-order chi connectivity index (χ1) is 8.81. The first kappa shape index (κ1) is 15.1. The summed E-state index contributed by atoms with van der Waals surface area (Å²) in [6.07, 6.45) is -0.184. The summed E-state index contributed by atoms with van der Waals surface area (Å²) in [4.78, 5) is 22.7. The Morgan fingerprint density at radius 3 is 2.53 bits per heavy atom. The topological polar surface area (TPSA) is 66.4 Å². The molecule has 4 nitrogen and oxygen atoms in total. The molecular weight excluding hydrogens is 249 g/mol. The van der Waals surface area contributed by atoms with Crippen LogP contribution >= 0.6 is 0 Å². The number of rotatable bonds is 5. The molecule has 0 bridgehead atoms. The quantitative estimate of drug-likeness (QED) is 0.860. The van der Waals surface area contributed by atoms with Crippen molar-refractivity contribution in [3.8, 4) is 0 Å². The van der Waals surface area contributed by atoms with Gasteiger partial charge in [-0.25, -0.2) is 4.39 Å². The van der Waals surface area contributed by atoms with Crippen molar-refractivity contribution in [1.82, 2.24) is 5.32 Å². The SMILES string of the molecule is Cc1ccc(F)c(C(=O)NC(CC(=O)O)C(C)C)c1. The largest absolute Gasteiger partial charge is 0.481 e. The minimum absolute atomic E-state index is 0.0482. The molecule has 0 saturated heterocycles. The maximum absolute atomic E-state index is 13.6. The Kier molecular flexibility index (Phi) is 5.03. The van der Waals surface area contributed by atoms with Crippen molar-refractivity contribution >= 4 is 11.9 Å². The van der Waals surface area contributed by atoms with E-state index in [0.29, 0.717) is 0 Å². The Labute approximate surface area is 111 Å². The molecule has 1 aromatic carbocycles. The van der Waals surface area contributed by atoms with Crippen molar-refractivity contribution in [3.63, 3.8) is 0 Å². The van der Waals surface area contributed by atoms with Gasteiger partial charge in [-0.2, -0.15) is 0 Å². The van der Waals surface area contributed by atoms with Crippen molar-refractivity contribution < 1.29 is 19.1 Å². The van der Waals surface area contributed by atoms with Crippen LogP contribution < -0.4 is 5.32 Å². The van der Waals surface area contributed by atoms with Gasteiger partial charge in [0.05, 0.1) is 12.0 Å². The number of aryl methyl sites for hydroxylation is 1. The highest BCUT2D eigenvalue weighted by Crippen LogP contribution is 2.12. The van der Waals surface area contributed by atoms with Crippen LogP contribution in [0.1, 0.15) is 36.2 Å². The van der Waals surface area contributed by atoms with Gasteiger partial charge in [0.1, 0.15) is 5.82 Å². The molecule has 19 heavy (non-hydrogen) atoms. The number of nitrogens with one attached hydrogen (secondary N) is 1. The molecular formula is C14H18FNO3. The second-order valence-electron chi connectivity index (χ2n) is 4.91. The third-order valence-electron chi connectivity index (χ3n) is 2.88. The highest BCUT2D eigenvalue weighted by Gasteiger charge is 2.21. The van der Waals surface area contributed by atoms with Gasteiger partial charge in [0.15, 0.2) is 0 Å². The van der Waals surface area contributed by atoms with E-state index in [4.69, 9.17) is 5.11 Å². The van der Waals surface area contributed by atoms with E-state index in [1.54, 1.807) is 26.8 Å². The average Bonchev–Trinajstić information content (AvgIpc) is 2.30. The van der Waals surface area contributed by atoms with Crippen LogP contribution in [0.2, 0.25) is 0 Å². The van der Waals surface area contributed by atoms with E-state index in [1.165, 1.54) is 12.1 Å². The van der Waals surface area contributed by atoms with Crippen molar-refractivity contribution in [3.05, 3.63) is 35.1 Å². The minimum atomic E-state index is -0.997. The number of carbonyl (C=O) groups is 2. The smallest absolute Gasteiger partial charge is 0.305 e. The Hall–Kier alpha value is -1.91. The van der Waals surface area contributed by atoms with Gasteiger partial charge < -0.3 is 10.4 Å². The molecule has 0 aliphatic rings. The molecule has 1 atom stereocenters. The number of carboxylic acid groups (broad SMARTS) is 1. The number of aliphatic carboxylic acids is 1. The molecule has 0 heterocycles. The van der Waals surface area contributed by atoms with Gasteiger partial charge in [-0.3, -0.25) is 9.59 Å². The Balaban J connectivity index is 2.87. The zero-order chi connectivity index (χ0) is 14.6. The van der Waals surface area contributed by atoms with Crippen molar-refractivity contribution in [2.24, 2.45) is 5.92 Å². The molecule has 0 saturated carbocycles. The summed E-state index contributed by atoms with van der Waals surface area (Å²) < 4.78 is 13.6. The molecule has 5 heteroatoms. The lowest BCUT2D eigenvalue weighted by molar-refractivity contribution is -0.137. The van der Waals surface area contributed by atoms with Gasteiger partial charge in [0.2, 0.25) is 0 Å². The third kappa shape index (κ3) is 4.35. The highest BCUT2D eigenvalue weighted by atomic mass is 19.1. The number of carboxylic acids is 1. The monoisotopic (exact) mass is 267 g/mol. The number of halogens is 1. The van der Waals surface area contributed by atoms with Crippen LogP contribution in [0.15, 0.2) is 18.2 Å². The van der Waals surface area contributed by atoms with E-state index >= 15 is 0 Å². The van der Waals surface area contributed by atoms with E-state index in [2.05, 4.69) is 5.32 Å². The summed E-state index contributed by atoms with van der Waals surface area (Å²) >= 11 is 0. The van der Waals surface area contributed by atoms with Gasteiger partial charge >= 0.3 is 5.97 Å². The Bertz CT molecular complexity index is 486. The number of amides is 1. The number of benzene rings is 1. The van der Waals surface area contributed by atoms with E-state index in [9.17, 15) is 14.0 Å². The van der Waals surface area contributed by atoms with Crippen molar-refractivity contribution in [2.45, 2.75) is 33.2 Å². The molecule has 104 valence electrons. The lowest BCUT2D eigenvalue weighted by Crippen LogP contribution is -2.40. The molecule has 1 rings (SSSR count). The summed E-state index contributed by atoms with van der Waals surface area (Å²) in [6, 6.07) is 3.72. The van der Waals surface area contributed by atoms with Crippen LogP contribution in [0.3, 0.4) is 0 Å². The molecule has 0 radical (unpaired) electrons. The van der Waals surface area contributed by atoms with Crippen LogP contribution in [-0.2, 0) is 4.79 Å². The molecule has 2 N–H and O–H groups in total. The van der Waals surface area contributed by atoms with Crippen LogP contribution in [-0.4, -0.2) is 23.0 Å². The van der Waals surface area contributed by atoms with Crippen LogP contribution in [0.4, 0.5) is 4.39 Å². The first-order valence-electron chi connectivity index (χ1n) is 6.10. The normalized spacial score (nSPS) is 12.3. The second-order valence-corrected chi connectivity index (χ2v) is 4.91. The van der Waals surface area contributed by atoms with Gasteiger partial charge in [0.25, 0.3) is 5.91 Å². The molecule has 1 aromatic rings.